The number of rotatable bonds is 7. The maximum Gasteiger partial charge on any atom is 0.129 e. The molecule has 4 nitrogen and oxygen atoms in total. The third-order valence-electron chi connectivity index (χ3n) is 3.61. The quantitative estimate of drug-likeness (QED) is 0.781. The molecule has 0 aromatic carbocycles. The number of nitrogens with one attached hydrogen (secondary N) is 1. The van der Waals surface area contributed by atoms with Crippen LogP contribution >= 0.6 is 0 Å². The molecule has 0 bridgehead atoms. The molecule has 1 aromatic heterocycles. The van der Waals surface area contributed by atoms with E-state index in [1.807, 2.05) is 12.1 Å². The smallest absolute Gasteiger partial charge is 0.129 e. The molecule has 0 spiro atoms. The highest BCUT2D eigenvalue weighted by atomic mass is 16.5. The molecule has 1 aliphatic carbocycles. The van der Waals surface area contributed by atoms with E-state index >= 15 is 0 Å². The van der Waals surface area contributed by atoms with Crippen molar-refractivity contribution in [2.75, 3.05) is 13.2 Å². The predicted molar refractivity (Wildman–Crippen MR) is 69.2 cm³/mol. The fourth-order valence-corrected chi connectivity index (χ4v) is 2.45. The van der Waals surface area contributed by atoms with Gasteiger partial charge in [0.1, 0.15) is 12.4 Å². The van der Waals surface area contributed by atoms with Gasteiger partial charge in [-0.05, 0) is 31.9 Å². The molecule has 0 amide bonds. The van der Waals surface area contributed by atoms with Gasteiger partial charge in [0, 0.05) is 12.1 Å². The monoisotopic (exact) mass is 253 g/mol. The van der Waals surface area contributed by atoms with Crippen molar-refractivity contribution >= 4 is 0 Å². The molecule has 1 atom stereocenters. The lowest BCUT2D eigenvalue weighted by Crippen LogP contribution is -2.44. The van der Waals surface area contributed by atoms with Gasteiger partial charge in [0.15, 0.2) is 0 Å². The van der Waals surface area contributed by atoms with Crippen LogP contribution < -0.4 is 5.32 Å². The summed E-state index contributed by atoms with van der Waals surface area (Å²) in [4.78, 5) is 0. The molecular formula is C14H23NO3. The summed E-state index contributed by atoms with van der Waals surface area (Å²) in [6.45, 7) is 3.58. The predicted octanol–water partition coefficient (Wildman–Crippen LogP) is 2.08. The molecule has 18 heavy (non-hydrogen) atoms. The number of furan rings is 1. The van der Waals surface area contributed by atoms with E-state index in [2.05, 4.69) is 12.2 Å². The second-order valence-corrected chi connectivity index (χ2v) is 5.40. The lowest BCUT2D eigenvalue weighted by Gasteiger charge is -2.26. The van der Waals surface area contributed by atoms with Gasteiger partial charge in [-0.15, -0.1) is 0 Å². The van der Waals surface area contributed by atoms with Crippen LogP contribution in [-0.4, -0.2) is 29.9 Å². The normalized spacial score (nSPS) is 20.1. The van der Waals surface area contributed by atoms with Crippen molar-refractivity contribution < 1.29 is 14.3 Å². The third-order valence-corrected chi connectivity index (χ3v) is 3.61. The maximum atomic E-state index is 9.83. The molecule has 0 radical (unpaired) electrons. The first-order valence-corrected chi connectivity index (χ1v) is 6.71. The Bertz CT molecular complexity index is 331. The van der Waals surface area contributed by atoms with Crippen molar-refractivity contribution in [3.8, 4) is 0 Å². The van der Waals surface area contributed by atoms with Crippen molar-refractivity contribution in [3.05, 3.63) is 24.2 Å². The lowest BCUT2D eigenvalue weighted by molar-refractivity contribution is 0.0195. The van der Waals surface area contributed by atoms with Gasteiger partial charge in [0.2, 0.25) is 0 Å². The summed E-state index contributed by atoms with van der Waals surface area (Å²) in [6, 6.07) is 3.70. The third kappa shape index (κ3) is 4.12. The van der Waals surface area contributed by atoms with Crippen LogP contribution in [0.15, 0.2) is 22.8 Å². The standard InChI is InChI=1S/C14H23NO3/c1-14(6-2-3-7-14)15-9-12(16)10-17-11-13-5-4-8-18-13/h4-5,8,12,15-16H,2-3,6-7,9-11H2,1H3. The van der Waals surface area contributed by atoms with Gasteiger partial charge < -0.3 is 19.6 Å². The molecular weight excluding hydrogens is 230 g/mol. The van der Waals surface area contributed by atoms with Gasteiger partial charge >= 0.3 is 0 Å². The van der Waals surface area contributed by atoms with Gasteiger partial charge in [-0.1, -0.05) is 12.8 Å². The molecule has 1 aromatic rings. The number of β-amino-alcohol motifs (C(OH)–C–C–N with tert-alkyl or cyclic N) is 1. The summed E-state index contributed by atoms with van der Waals surface area (Å²) in [6.07, 6.45) is 6.14. The molecule has 0 aliphatic heterocycles. The van der Waals surface area contributed by atoms with Gasteiger partial charge in [-0.2, -0.15) is 0 Å². The second kappa shape index (κ2) is 6.36. The zero-order chi connectivity index (χ0) is 12.8. The minimum atomic E-state index is -0.461. The Morgan fingerprint density at radius 3 is 2.94 bits per heavy atom. The van der Waals surface area contributed by atoms with Gasteiger partial charge in [-0.25, -0.2) is 0 Å². The van der Waals surface area contributed by atoms with Crippen LogP contribution in [0.5, 0.6) is 0 Å². The van der Waals surface area contributed by atoms with Crippen molar-refractivity contribution in [2.45, 2.75) is 50.9 Å². The average molecular weight is 253 g/mol. The molecule has 1 saturated carbocycles. The van der Waals surface area contributed by atoms with E-state index in [0.717, 1.165) is 5.76 Å². The molecule has 4 heteroatoms. The minimum Gasteiger partial charge on any atom is -0.467 e. The minimum absolute atomic E-state index is 0.210. The van der Waals surface area contributed by atoms with Crippen LogP contribution in [0, 0.1) is 0 Å². The summed E-state index contributed by atoms with van der Waals surface area (Å²) in [5.41, 5.74) is 0.210. The van der Waals surface area contributed by atoms with Crippen LogP contribution in [0.2, 0.25) is 0 Å². The van der Waals surface area contributed by atoms with E-state index in [0.29, 0.717) is 19.8 Å². The molecule has 2 N–H and O–H groups in total. The van der Waals surface area contributed by atoms with Crippen LogP contribution in [0.4, 0.5) is 0 Å². The van der Waals surface area contributed by atoms with E-state index < -0.39 is 6.10 Å². The van der Waals surface area contributed by atoms with Crippen molar-refractivity contribution in [1.29, 1.82) is 0 Å². The van der Waals surface area contributed by atoms with Crippen LogP contribution in [0.25, 0.3) is 0 Å². The van der Waals surface area contributed by atoms with Crippen molar-refractivity contribution in [2.24, 2.45) is 0 Å². The zero-order valence-corrected chi connectivity index (χ0v) is 11.0. The first-order valence-electron chi connectivity index (χ1n) is 6.71. The van der Waals surface area contributed by atoms with Crippen LogP contribution in [0.1, 0.15) is 38.4 Å². The topological polar surface area (TPSA) is 54.6 Å². The first-order chi connectivity index (χ1) is 8.68. The van der Waals surface area contributed by atoms with Crippen molar-refractivity contribution in [3.63, 3.8) is 0 Å². The fraction of sp³-hybridized carbons (Fsp3) is 0.714. The number of hydrogen-bond donors (Lipinski definition) is 2. The second-order valence-electron chi connectivity index (χ2n) is 5.40. The van der Waals surface area contributed by atoms with E-state index in [1.165, 1.54) is 25.7 Å². The number of ether oxygens (including phenoxy) is 1. The number of hydrogen-bond acceptors (Lipinski definition) is 4. The highest BCUT2D eigenvalue weighted by Gasteiger charge is 2.28. The molecule has 102 valence electrons. The Morgan fingerprint density at radius 2 is 2.28 bits per heavy atom. The zero-order valence-electron chi connectivity index (χ0n) is 11.0. The van der Waals surface area contributed by atoms with Gasteiger partial charge in [0.25, 0.3) is 0 Å². The largest absolute Gasteiger partial charge is 0.467 e. The summed E-state index contributed by atoms with van der Waals surface area (Å²) >= 11 is 0. The van der Waals surface area contributed by atoms with E-state index in [9.17, 15) is 5.11 Å². The van der Waals surface area contributed by atoms with E-state index in [-0.39, 0.29) is 5.54 Å². The summed E-state index contributed by atoms with van der Waals surface area (Å²) in [5, 5.41) is 13.3. The molecule has 1 heterocycles. The number of aliphatic hydroxyl groups is 1. The fourth-order valence-electron chi connectivity index (χ4n) is 2.45. The molecule has 1 aliphatic rings. The summed E-state index contributed by atoms with van der Waals surface area (Å²) < 4.78 is 10.6. The molecule has 1 fully saturated rings. The SMILES string of the molecule is CC1(NCC(O)COCc2ccco2)CCCC1. The molecule has 1 unspecified atom stereocenters. The first kappa shape index (κ1) is 13.6. The summed E-state index contributed by atoms with van der Waals surface area (Å²) in [7, 11) is 0. The summed E-state index contributed by atoms with van der Waals surface area (Å²) in [5.74, 6) is 0.790. The van der Waals surface area contributed by atoms with Crippen LogP contribution in [0.3, 0.4) is 0 Å². The maximum absolute atomic E-state index is 9.83. The molecule has 0 saturated heterocycles. The highest BCUT2D eigenvalue weighted by molar-refractivity contribution is 4.96. The average Bonchev–Trinajstić information content (AvgIpc) is 2.99. The van der Waals surface area contributed by atoms with Gasteiger partial charge in [0.05, 0.1) is 19.0 Å². The van der Waals surface area contributed by atoms with Crippen LogP contribution in [-0.2, 0) is 11.3 Å². The Labute approximate surface area is 108 Å². The lowest BCUT2D eigenvalue weighted by atomic mass is 10.0. The Balaban J connectivity index is 1.58. The van der Waals surface area contributed by atoms with E-state index in [1.54, 1.807) is 6.26 Å². The van der Waals surface area contributed by atoms with E-state index in [4.69, 9.17) is 9.15 Å². The van der Waals surface area contributed by atoms with Crippen molar-refractivity contribution in [1.82, 2.24) is 5.32 Å². The van der Waals surface area contributed by atoms with Gasteiger partial charge in [-0.3, -0.25) is 0 Å². The molecule has 2 rings (SSSR count). The highest BCUT2D eigenvalue weighted by Crippen LogP contribution is 2.28. The Kier molecular flexibility index (Phi) is 4.80. The Morgan fingerprint density at radius 1 is 1.50 bits per heavy atom. The Hall–Kier alpha value is -0.840. The number of aliphatic hydroxyl groups excluding tert-OH is 1.